The Morgan fingerprint density at radius 2 is 1.58 bits per heavy atom. The Kier molecular flexibility index (Phi) is 5.50. The summed E-state index contributed by atoms with van der Waals surface area (Å²) in [4.78, 5) is 11.0. The van der Waals surface area contributed by atoms with Gasteiger partial charge in [0.1, 0.15) is 0 Å². The molecule has 0 atom stereocenters. The standard InChI is InChI=1S/C13H15F3O3/c1-3-18-12(19-4-2)10-7-5-9(6-8-10)11(17)13(14,15)16/h5-8,12H,3-4H2,1-2H3. The van der Waals surface area contributed by atoms with Gasteiger partial charge in [0.25, 0.3) is 5.78 Å². The van der Waals surface area contributed by atoms with Crippen molar-refractivity contribution in [3.8, 4) is 0 Å². The van der Waals surface area contributed by atoms with E-state index in [0.29, 0.717) is 18.8 Å². The van der Waals surface area contributed by atoms with Gasteiger partial charge in [-0.2, -0.15) is 13.2 Å². The average molecular weight is 276 g/mol. The van der Waals surface area contributed by atoms with Crippen LogP contribution in [0.25, 0.3) is 0 Å². The summed E-state index contributed by atoms with van der Waals surface area (Å²) >= 11 is 0. The summed E-state index contributed by atoms with van der Waals surface area (Å²) in [6, 6.07) is 5.04. The van der Waals surface area contributed by atoms with Gasteiger partial charge in [-0.3, -0.25) is 4.79 Å². The second-order valence-electron chi connectivity index (χ2n) is 3.69. The third-order valence-electron chi connectivity index (χ3n) is 2.34. The lowest BCUT2D eigenvalue weighted by molar-refractivity contribution is -0.140. The summed E-state index contributed by atoms with van der Waals surface area (Å²) in [6.45, 7) is 4.39. The summed E-state index contributed by atoms with van der Waals surface area (Å²) in [6.07, 6.45) is -5.49. The number of hydrogen-bond donors (Lipinski definition) is 0. The molecule has 0 aliphatic heterocycles. The highest BCUT2D eigenvalue weighted by molar-refractivity contribution is 6.00. The number of Topliss-reactive ketones (excluding diaryl/α,β-unsaturated/α-hetero) is 1. The van der Waals surface area contributed by atoms with Crippen molar-refractivity contribution in [2.45, 2.75) is 26.3 Å². The molecule has 0 unspecified atom stereocenters. The minimum atomic E-state index is -4.86. The number of rotatable bonds is 6. The molecule has 0 heterocycles. The zero-order chi connectivity index (χ0) is 14.5. The molecule has 3 nitrogen and oxygen atoms in total. The Morgan fingerprint density at radius 1 is 1.11 bits per heavy atom. The number of ether oxygens (including phenoxy) is 2. The van der Waals surface area contributed by atoms with Crippen molar-refractivity contribution in [3.05, 3.63) is 35.4 Å². The SMILES string of the molecule is CCOC(OCC)c1ccc(C(=O)C(F)(F)F)cc1. The van der Waals surface area contributed by atoms with Crippen LogP contribution >= 0.6 is 0 Å². The zero-order valence-electron chi connectivity index (χ0n) is 10.7. The van der Waals surface area contributed by atoms with Gasteiger partial charge in [0.15, 0.2) is 6.29 Å². The van der Waals surface area contributed by atoms with Gasteiger partial charge in [0.2, 0.25) is 0 Å². The van der Waals surface area contributed by atoms with Gasteiger partial charge in [0, 0.05) is 24.3 Å². The van der Waals surface area contributed by atoms with E-state index in [2.05, 4.69) is 0 Å². The Labute approximate surface area is 109 Å². The second-order valence-corrected chi connectivity index (χ2v) is 3.69. The summed E-state index contributed by atoms with van der Waals surface area (Å²) in [5, 5.41) is 0. The molecule has 1 aromatic rings. The minimum absolute atomic E-state index is 0.400. The minimum Gasteiger partial charge on any atom is -0.349 e. The van der Waals surface area contributed by atoms with Crippen LogP contribution in [-0.2, 0) is 9.47 Å². The lowest BCUT2D eigenvalue weighted by Crippen LogP contribution is -2.22. The molecule has 6 heteroatoms. The van der Waals surface area contributed by atoms with Crippen molar-refractivity contribution in [2.24, 2.45) is 0 Å². The van der Waals surface area contributed by atoms with Crippen LogP contribution in [0.15, 0.2) is 24.3 Å². The summed E-state index contributed by atoms with van der Waals surface area (Å²) in [5.41, 5.74) is 0.172. The molecule has 0 aromatic heterocycles. The van der Waals surface area contributed by atoms with Crippen molar-refractivity contribution in [1.82, 2.24) is 0 Å². The lowest BCUT2D eigenvalue weighted by Gasteiger charge is -2.17. The predicted molar refractivity (Wildman–Crippen MR) is 62.8 cm³/mol. The van der Waals surface area contributed by atoms with Gasteiger partial charge in [-0.05, 0) is 13.8 Å². The molecule has 1 rings (SSSR count). The van der Waals surface area contributed by atoms with Gasteiger partial charge < -0.3 is 9.47 Å². The first kappa shape index (κ1) is 15.7. The van der Waals surface area contributed by atoms with Gasteiger partial charge in [-0.25, -0.2) is 0 Å². The molecule has 0 N–H and O–H groups in total. The highest BCUT2D eigenvalue weighted by Gasteiger charge is 2.39. The molecule has 1 aromatic carbocycles. The highest BCUT2D eigenvalue weighted by Crippen LogP contribution is 2.24. The molecular formula is C13H15F3O3. The van der Waals surface area contributed by atoms with E-state index >= 15 is 0 Å². The van der Waals surface area contributed by atoms with Crippen molar-refractivity contribution >= 4 is 5.78 Å². The van der Waals surface area contributed by atoms with Gasteiger partial charge >= 0.3 is 6.18 Å². The van der Waals surface area contributed by atoms with Crippen LogP contribution in [0.1, 0.15) is 36.1 Å². The number of hydrogen-bond acceptors (Lipinski definition) is 3. The molecule has 0 fully saturated rings. The highest BCUT2D eigenvalue weighted by atomic mass is 19.4. The maximum atomic E-state index is 12.2. The van der Waals surface area contributed by atoms with E-state index in [1.165, 1.54) is 12.1 Å². The van der Waals surface area contributed by atoms with Gasteiger partial charge in [-0.15, -0.1) is 0 Å². The molecule has 0 spiro atoms. The predicted octanol–water partition coefficient (Wildman–Crippen LogP) is 3.50. The first-order chi connectivity index (χ1) is 8.90. The first-order valence-electron chi connectivity index (χ1n) is 5.84. The number of halogens is 3. The Hall–Kier alpha value is -1.40. The van der Waals surface area contributed by atoms with Crippen molar-refractivity contribution in [1.29, 1.82) is 0 Å². The van der Waals surface area contributed by atoms with Crippen molar-refractivity contribution < 1.29 is 27.4 Å². The summed E-state index contributed by atoms with van der Waals surface area (Å²) in [7, 11) is 0. The van der Waals surface area contributed by atoms with Crippen molar-refractivity contribution in [2.75, 3.05) is 13.2 Å². The fourth-order valence-electron chi connectivity index (χ4n) is 1.50. The van der Waals surface area contributed by atoms with E-state index in [-0.39, 0.29) is 0 Å². The van der Waals surface area contributed by atoms with E-state index in [4.69, 9.17) is 9.47 Å². The van der Waals surface area contributed by atoms with Crippen LogP contribution < -0.4 is 0 Å². The summed E-state index contributed by atoms with van der Waals surface area (Å²) < 4.78 is 47.3. The molecule has 19 heavy (non-hydrogen) atoms. The number of carbonyl (C=O) groups excluding carboxylic acids is 1. The first-order valence-corrected chi connectivity index (χ1v) is 5.84. The molecular weight excluding hydrogens is 261 g/mol. The maximum Gasteiger partial charge on any atom is 0.454 e. The van der Waals surface area contributed by atoms with Crippen LogP contribution in [0.5, 0.6) is 0 Å². The van der Waals surface area contributed by atoms with Gasteiger partial charge in [-0.1, -0.05) is 24.3 Å². The van der Waals surface area contributed by atoms with Crippen LogP contribution in [0.3, 0.4) is 0 Å². The van der Waals surface area contributed by atoms with Crippen LogP contribution in [0.4, 0.5) is 13.2 Å². The molecule has 0 aliphatic carbocycles. The molecule has 0 amide bonds. The Bertz CT molecular complexity index is 406. The van der Waals surface area contributed by atoms with Crippen LogP contribution in [-0.4, -0.2) is 25.2 Å². The molecule has 0 aliphatic rings. The largest absolute Gasteiger partial charge is 0.454 e. The van der Waals surface area contributed by atoms with E-state index in [1.54, 1.807) is 13.8 Å². The number of carbonyl (C=O) groups is 1. The zero-order valence-corrected chi connectivity index (χ0v) is 10.7. The molecule has 0 saturated carbocycles. The number of alkyl halides is 3. The number of benzene rings is 1. The molecule has 0 bridgehead atoms. The van der Waals surface area contributed by atoms with Crippen LogP contribution in [0.2, 0.25) is 0 Å². The fourth-order valence-corrected chi connectivity index (χ4v) is 1.50. The third-order valence-corrected chi connectivity index (χ3v) is 2.34. The van der Waals surface area contributed by atoms with Gasteiger partial charge in [0.05, 0.1) is 0 Å². The molecule has 0 radical (unpaired) electrons. The Balaban J connectivity index is 2.88. The van der Waals surface area contributed by atoms with E-state index in [1.807, 2.05) is 0 Å². The molecule has 106 valence electrons. The maximum absolute atomic E-state index is 12.2. The van der Waals surface area contributed by atoms with Crippen molar-refractivity contribution in [3.63, 3.8) is 0 Å². The normalized spacial score (nSPS) is 11.9. The third kappa shape index (κ3) is 4.33. The number of ketones is 1. The Morgan fingerprint density at radius 3 is 1.95 bits per heavy atom. The quantitative estimate of drug-likeness (QED) is 0.589. The fraction of sp³-hybridized carbons (Fsp3) is 0.462. The van der Waals surface area contributed by atoms with E-state index < -0.39 is 23.8 Å². The van der Waals surface area contributed by atoms with Crippen LogP contribution in [0, 0.1) is 0 Å². The topological polar surface area (TPSA) is 35.5 Å². The lowest BCUT2D eigenvalue weighted by atomic mass is 10.1. The van der Waals surface area contributed by atoms with E-state index in [0.717, 1.165) is 12.1 Å². The second kappa shape index (κ2) is 6.68. The smallest absolute Gasteiger partial charge is 0.349 e. The van der Waals surface area contributed by atoms with E-state index in [9.17, 15) is 18.0 Å². The monoisotopic (exact) mass is 276 g/mol. The average Bonchev–Trinajstić information content (AvgIpc) is 2.37. The summed E-state index contributed by atoms with van der Waals surface area (Å²) in [5.74, 6) is -1.86. The molecule has 0 saturated heterocycles.